The van der Waals surface area contributed by atoms with Crippen molar-refractivity contribution in [1.29, 1.82) is 0 Å². The molecule has 4 atom stereocenters. The molecule has 0 saturated carbocycles. The van der Waals surface area contributed by atoms with E-state index in [0.29, 0.717) is 19.8 Å². The third kappa shape index (κ3) is 5.13. The number of likely N-dealkylation sites (tertiary alicyclic amines) is 1. The van der Waals surface area contributed by atoms with Crippen molar-refractivity contribution in [3.05, 3.63) is 29.8 Å². The van der Waals surface area contributed by atoms with Crippen LogP contribution in [-0.4, -0.2) is 77.3 Å². The minimum Gasteiger partial charge on any atom is -0.497 e. The molecule has 0 aliphatic carbocycles. The molecule has 1 saturated heterocycles. The van der Waals surface area contributed by atoms with Gasteiger partial charge in [-0.2, -0.15) is 0 Å². The van der Waals surface area contributed by atoms with E-state index in [-0.39, 0.29) is 12.5 Å². The molecule has 5 N–H and O–H groups in total. The number of rotatable bonds is 7. The summed E-state index contributed by atoms with van der Waals surface area (Å²) in [6.45, 7) is 2.41. The number of aliphatic hydroxyl groups is 3. The van der Waals surface area contributed by atoms with Gasteiger partial charge in [0.2, 0.25) is 5.91 Å². The van der Waals surface area contributed by atoms with E-state index in [0.717, 1.165) is 11.3 Å². The maximum atomic E-state index is 11.3. The monoisotopic (exact) mass is 353 g/mol. The first-order valence-electron chi connectivity index (χ1n) is 8.28. The maximum Gasteiger partial charge on any atom is 0.217 e. The molecule has 8 heteroatoms. The third-order valence-corrected chi connectivity index (χ3v) is 4.44. The summed E-state index contributed by atoms with van der Waals surface area (Å²) < 4.78 is 5.12. The zero-order chi connectivity index (χ0) is 18.4. The molecule has 1 aromatic carbocycles. The molecule has 1 aromatic rings. The van der Waals surface area contributed by atoms with Crippen LogP contribution in [0.3, 0.4) is 0 Å². The second-order valence-electron chi connectivity index (χ2n) is 6.24. The highest BCUT2D eigenvalue weighted by atomic mass is 16.5. The van der Waals surface area contributed by atoms with Gasteiger partial charge in [0, 0.05) is 26.7 Å². The van der Waals surface area contributed by atoms with Gasteiger partial charge in [0.15, 0.2) is 0 Å². The number of aliphatic hydroxyl groups excluding tert-OH is 3. The highest BCUT2D eigenvalue weighted by Crippen LogP contribution is 2.18. The number of amides is 1. The van der Waals surface area contributed by atoms with Crippen LogP contribution in [0.4, 0.5) is 0 Å². The van der Waals surface area contributed by atoms with Crippen molar-refractivity contribution in [3.63, 3.8) is 0 Å². The van der Waals surface area contributed by atoms with E-state index in [1.54, 1.807) is 7.11 Å². The molecule has 1 aliphatic rings. The van der Waals surface area contributed by atoms with Crippen LogP contribution < -0.4 is 15.4 Å². The van der Waals surface area contributed by atoms with Crippen LogP contribution in [-0.2, 0) is 11.3 Å². The normalized spacial score (nSPS) is 27.1. The number of carbonyl (C=O) groups is 1. The van der Waals surface area contributed by atoms with E-state index < -0.39 is 24.3 Å². The van der Waals surface area contributed by atoms with Gasteiger partial charge in [0.25, 0.3) is 0 Å². The molecule has 0 radical (unpaired) electrons. The zero-order valence-electron chi connectivity index (χ0n) is 14.6. The van der Waals surface area contributed by atoms with Crippen LogP contribution in [0.1, 0.15) is 12.5 Å². The van der Waals surface area contributed by atoms with Crippen LogP contribution in [0, 0.1) is 0 Å². The Labute approximate surface area is 147 Å². The lowest BCUT2D eigenvalue weighted by atomic mass is 9.92. The Morgan fingerprint density at radius 3 is 2.52 bits per heavy atom. The Morgan fingerprint density at radius 2 is 1.96 bits per heavy atom. The molecule has 0 bridgehead atoms. The van der Waals surface area contributed by atoms with E-state index in [9.17, 15) is 20.1 Å². The molecule has 140 valence electrons. The molecular weight excluding hydrogens is 326 g/mol. The number of piperidine rings is 1. The lowest BCUT2D eigenvalue weighted by molar-refractivity contribution is -0.129. The number of hydrogen-bond acceptors (Lipinski definition) is 7. The minimum atomic E-state index is -1.14. The van der Waals surface area contributed by atoms with Crippen LogP contribution in [0.15, 0.2) is 24.3 Å². The lowest BCUT2D eigenvalue weighted by Gasteiger charge is -2.44. The molecule has 1 amide bonds. The summed E-state index contributed by atoms with van der Waals surface area (Å²) in [4.78, 5) is 13.1. The van der Waals surface area contributed by atoms with Crippen LogP contribution in [0.2, 0.25) is 0 Å². The highest BCUT2D eigenvalue weighted by Gasteiger charge is 2.41. The zero-order valence-corrected chi connectivity index (χ0v) is 14.6. The second-order valence-corrected chi connectivity index (χ2v) is 6.24. The lowest BCUT2D eigenvalue weighted by Crippen LogP contribution is -2.67. The van der Waals surface area contributed by atoms with Crippen molar-refractivity contribution in [2.45, 2.75) is 37.8 Å². The summed E-state index contributed by atoms with van der Waals surface area (Å²) in [6, 6.07) is 6.47. The number of benzene rings is 1. The average molecular weight is 353 g/mol. The summed E-state index contributed by atoms with van der Waals surface area (Å²) >= 11 is 0. The van der Waals surface area contributed by atoms with Crippen LogP contribution in [0.25, 0.3) is 0 Å². The minimum absolute atomic E-state index is 0.273. The van der Waals surface area contributed by atoms with E-state index in [4.69, 9.17) is 4.74 Å². The van der Waals surface area contributed by atoms with Crippen molar-refractivity contribution < 1.29 is 24.9 Å². The predicted molar refractivity (Wildman–Crippen MR) is 91.9 cm³/mol. The fourth-order valence-electron chi connectivity index (χ4n) is 3.06. The van der Waals surface area contributed by atoms with Crippen molar-refractivity contribution in [3.8, 4) is 5.75 Å². The molecule has 8 nitrogen and oxygen atoms in total. The number of hydrogen-bond donors (Lipinski definition) is 5. The van der Waals surface area contributed by atoms with Crippen molar-refractivity contribution in [1.82, 2.24) is 15.5 Å². The van der Waals surface area contributed by atoms with Gasteiger partial charge in [0.1, 0.15) is 11.9 Å². The Kier molecular flexibility index (Phi) is 7.15. The first-order valence-corrected chi connectivity index (χ1v) is 8.28. The molecule has 25 heavy (non-hydrogen) atoms. The quantitative estimate of drug-likeness (QED) is 0.412. The second kappa shape index (κ2) is 9.12. The summed E-state index contributed by atoms with van der Waals surface area (Å²) in [5.41, 5.74) is 1.07. The molecule has 2 rings (SSSR count). The molecular formula is C17H27N3O5. The van der Waals surface area contributed by atoms with E-state index in [1.165, 1.54) is 6.92 Å². The van der Waals surface area contributed by atoms with Gasteiger partial charge in [-0.25, -0.2) is 0 Å². The summed E-state index contributed by atoms with van der Waals surface area (Å²) in [5, 5.41) is 35.8. The third-order valence-electron chi connectivity index (χ3n) is 4.44. The number of methoxy groups -OCH3 is 1. The molecule has 1 fully saturated rings. The number of carbonyl (C=O) groups excluding carboxylic acids is 1. The van der Waals surface area contributed by atoms with Gasteiger partial charge < -0.3 is 30.7 Å². The maximum absolute atomic E-state index is 11.3. The molecule has 2 unspecified atom stereocenters. The summed E-state index contributed by atoms with van der Waals surface area (Å²) in [6.07, 6.45) is -2.25. The predicted octanol–water partition coefficient (Wildman–Crippen LogP) is -1.35. The van der Waals surface area contributed by atoms with E-state index >= 15 is 0 Å². The van der Waals surface area contributed by atoms with E-state index in [2.05, 4.69) is 10.6 Å². The van der Waals surface area contributed by atoms with Gasteiger partial charge in [-0.05, 0) is 17.7 Å². The van der Waals surface area contributed by atoms with Gasteiger partial charge in [-0.15, -0.1) is 0 Å². The van der Waals surface area contributed by atoms with Crippen molar-refractivity contribution in [2.75, 3.05) is 26.9 Å². The Bertz CT molecular complexity index is 554. The van der Waals surface area contributed by atoms with Gasteiger partial charge >= 0.3 is 0 Å². The summed E-state index contributed by atoms with van der Waals surface area (Å²) in [7, 11) is 1.61. The Hall–Kier alpha value is -1.71. The number of ether oxygens (including phenoxy) is 1. The van der Waals surface area contributed by atoms with Crippen LogP contribution in [0.5, 0.6) is 5.75 Å². The summed E-state index contributed by atoms with van der Waals surface area (Å²) in [5.74, 6) is 0.514. The fraction of sp³-hybridized carbons (Fsp3) is 0.588. The number of nitrogens with one attached hydrogen (secondary N) is 2. The molecule has 1 aliphatic heterocycles. The SMILES string of the molecule is COc1ccc(CNCN2CC(NC(C)=O)[C@@H](O)[C@H](O)C2CO)cc1. The first kappa shape index (κ1) is 19.6. The molecule has 0 aromatic heterocycles. The Balaban J connectivity index is 1.93. The standard InChI is InChI=1S/C17H27N3O5/c1-11(22)19-14-8-20(15(9-21)17(24)16(14)23)10-18-7-12-3-5-13(25-2)6-4-12/h3-6,14-18,21,23-24H,7-10H2,1-2H3,(H,19,22)/t14?,15?,16-,17-/m1/s1. The van der Waals surface area contributed by atoms with E-state index in [1.807, 2.05) is 29.2 Å². The van der Waals surface area contributed by atoms with Crippen molar-refractivity contribution in [2.24, 2.45) is 0 Å². The van der Waals surface area contributed by atoms with Crippen LogP contribution >= 0.6 is 0 Å². The first-order chi connectivity index (χ1) is 12.0. The smallest absolute Gasteiger partial charge is 0.217 e. The molecule has 1 heterocycles. The van der Waals surface area contributed by atoms with Crippen molar-refractivity contribution >= 4 is 5.91 Å². The largest absolute Gasteiger partial charge is 0.497 e. The average Bonchev–Trinajstić information content (AvgIpc) is 2.60. The van der Waals surface area contributed by atoms with Gasteiger partial charge in [-0.1, -0.05) is 12.1 Å². The topological polar surface area (TPSA) is 114 Å². The van der Waals surface area contributed by atoms with Gasteiger partial charge in [0.05, 0.1) is 31.9 Å². The highest BCUT2D eigenvalue weighted by molar-refractivity contribution is 5.73. The van der Waals surface area contributed by atoms with Gasteiger partial charge in [-0.3, -0.25) is 9.69 Å². The molecule has 0 spiro atoms. The number of nitrogens with zero attached hydrogens (tertiary/aromatic N) is 1. The fourth-order valence-corrected chi connectivity index (χ4v) is 3.06. The Morgan fingerprint density at radius 1 is 1.28 bits per heavy atom.